The van der Waals surface area contributed by atoms with E-state index in [9.17, 15) is 0 Å². The first kappa shape index (κ1) is 7.97. The van der Waals surface area contributed by atoms with Gasteiger partial charge in [-0.2, -0.15) is 0 Å². The zero-order valence-electron chi connectivity index (χ0n) is 7.12. The third-order valence-electron chi connectivity index (χ3n) is 1.84. The first-order chi connectivity index (χ1) is 6.25. The number of nitrogen functional groups attached to an aromatic ring is 1. The molecule has 1 fully saturated rings. The summed E-state index contributed by atoms with van der Waals surface area (Å²) in [5.41, 5.74) is 5.76. The van der Waals surface area contributed by atoms with Crippen LogP contribution in [-0.2, 0) is 0 Å². The average molecular weight is 177 g/mol. The van der Waals surface area contributed by atoms with Crippen LogP contribution < -0.4 is 11.1 Å². The standard InChI is InChI=1S/C8H11N5/c9-7(10)6-3-4-11-8(13-6)12-5-1-2-5/h3-5H,1-2H2,(H3,9,10)(H,11,12,13). The maximum absolute atomic E-state index is 7.19. The van der Waals surface area contributed by atoms with E-state index in [4.69, 9.17) is 11.1 Å². The number of anilines is 1. The van der Waals surface area contributed by atoms with Crippen molar-refractivity contribution in [2.45, 2.75) is 18.9 Å². The molecule has 0 amide bonds. The molecule has 1 aliphatic rings. The Balaban J connectivity index is 2.15. The van der Waals surface area contributed by atoms with Crippen molar-refractivity contribution in [1.29, 1.82) is 5.41 Å². The molecule has 4 N–H and O–H groups in total. The van der Waals surface area contributed by atoms with Crippen LogP contribution in [0, 0.1) is 5.41 Å². The first-order valence-corrected chi connectivity index (χ1v) is 4.19. The Morgan fingerprint density at radius 1 is 1.62 bits per heavy atom. The number of rotatable bonds is 3. The van der Waals surface area contributed by atoms with Crippen molar-refractivity contribution in [3.05, 3.63) is 18.0 Å². The van der Waals surface area contributed by atoms with Gasteiger partial charge in [0.2, 0.25) is 5.95 Å². The van der Waals surface area contributed by atoms with Gasteiger partial charge >= 0.3 is 0 Å². The number of nitrogens with zero attached hydrogens (tertiary/aromatic N) is 2. The zero-order chi connectivity index (χ0) is 9.26. The molecule has 1 aliphatic carbocycles. The average Bonchev–Trinajstić information content (AvgIpc) is 2.89. The fraction of sp³-hybridized carbons (Fsp3) is 0.375. The summed E-state index contributed by atoms with van der Waals surface area (Å²) in [5.74, 6) is 0.538. The van der Waals surface area contributed by atoms with Crippen molar-refractivity contribution < 1.29 is 0 Å². The molecule has 13 heavy (non-hydrogen) atoms. The molecule has 0 saturated heterocycles. The Labute approximate surface area is 75.9 Å². The molecule has 0 bridgehead atoms. The van der Waals surface area contributed by atoms with E-state index in [1.807, 2.05) is 0 Å². The second kappa shape index (κ2) is 3.01. The summed E-state index contributed by atoms with van der Waals surface area (Å²) in [5, 5.41) is 10.3. The van der Waals surface area contributed by atoms with Crippen LogP contribution in [0.25, 0.3) is 0 Å². The predicted molar refractivity (Wildman–Crippen MR) is 49.7 cm³/mol. The molecule has 1 aromatic heterocycles. The van der Waals surface area contributed by atoms with Crippen LogP contribution in [0.15, 0.2) is 12.3 Å². The van der Waals surface area contributed by atoms with E-state index in [0.717, 1.165) is 0 Å². The van der Waals surface area contributed by atoms with Crippen molar-refractivity contribution >= 4 is 11.8 Å². The van der Waals surface area contributed by atoms with Crippen molar-refractivity contribution in [3.8, 4) is 0 Å². The SMILES string of the molecule is N=C(N)c1ccnc(NC2CC2)n1. The van der Waals surface area contributed by atoms with Crippen LogP contribution in [0.2, 0.25) is 0 Å². The van der Waals surface area contributed by atoms with Gasteiger partial charge in [0.15, 0.2) is 0 Å². The Morgan fingerprint density at radius 2 is 2.38 bits per heavy atom. The van der Waals surface area contributed by atoms with E-state index in [1.165, 1.54) is 12.8 Å². The van der Waals surface area contributed by atoms with Crippen LogP contribution in [0.1, 0.15) is 18.5 Å². The highest BCUT2D eigenvalue weighted by atomic mass is 15.1. The summed E-state index contributed by atoms with van der Waals surface area (Å²) in [6.07, 6.45) is 3.95. The number of amidine groups is 1. The molecule has 0 radical (unpaired) electrons. The van der Waals surface area contributed by atoms with Crippen molar-refractivity contribution in [3.63, 3.8) is 0 Å². The van der Waals surface area contributed by atoms with Crippen molar-refractivity contribution in [1.82, 2.24) is 9.97 Å². The summed E-state index contributed by atoms with van der Waals surface area (Å²) in [6, 6.07) is 2.14. The molecular weight excluding hydrogens is 166 g/mol. The van der Waals surface area contributed by atoms with Gasteiger partial charge in [0.25, 0.3) is 0 Å². The second-order valence-corrected chi connectivity index (χ2v) is 3.10. The maximum atomic E-state index is 7.19. The number of hydrogen-bond donors (Lipinski definition) is 3. The van der Waals surface area contributed by atoms with Gasteiger partial charge in [-0.1, -0.05) is 0 Å². The molecule has 0 atom stereocenters. The van der Waals surface area contributed by atoms with Crippen LogP contribution in [0.5, 0.6) is 0 Å². The molecule has 1 saturated carbocycles. The highest BCUT2D eigenvalue weighted by Gasteiger charge is 2.21. The minimum atomic E-state index is -0.0266. The maximum Gasteiger partial charge on any atom is 0.223 e. The van der Waals surface area contributed by atoms with Crippen LogP contribution >= 0.6 is 0 Å². The van der Waals surface area contributed by atoms with Crippen molar-refractivity contribution in [2.75, 3.05) is 5.32 Å². The normalized spacial score (nSPS) is 15.4. The summed E-state index contributed by atoms with van der Waals surface area (Å²) in [6.45, 7) is 0. The Kier molecular flexibility index (Phi) is 1.84. The quantitative estimate of drug-likeness (QED) is 0.458. The van der Waals surface area contributed by atoms with Gasteiger partial charge in [0.1, 0.15) is 11.5 Å². The van der Waals surface area contributed by atoms with Gasteiger partial charge in [0.05, 0.1) is 0 Å². The third kappa shape index (κ3) is 1.93. The third-order valence-corrected chi connectivity index (χ3v) is 1.84. The lowest BCUT2D eigenvalue weighted by atomic mass is 10.4. The number of nitrogens with two attached hydrogens (primary N) is 1. The molecule has 1 heterocycles. The van der Waals surface area contributed by atoms with Crippen molar-refractivity contribution in [2.24, 2.45) is 5.73 Å². The van der Waals surface area contributed by atoms with Gasteiger partial charge in [-0.15, -0.1) is 0 Å². The summed E-state index contributed by atoms with van der Waals surface area (Å²) in [7, 11) is 0. The van der Waals surface area contributed by atoms with Crippen LogP contribution in [0.4, 0.5) is 5.95 Å². The van der Waals surface area contributed by atoms with Gasteiger partial charge in [-0.05, 0) is 18.9 Å². The molecule has 5 heteroatoms. The minimum Gasteiger partial charge on any atom is -0.382 e. The Bertz CT molecular complexity index is 331. The molecule has 0 aromatic carbocycles. The summed E-state index contributed by atoms with van der Waals surface area (Å²) >= 11 is 0. The molecule has 0 unspecified atom stereocenters. The van der Waals surface area contributed by atoms with E-state index in [0.29, 0.717) is 17.7 Å². The monoisotopic (exact) mass is 177 g/mol. The van der Waals surface area contributed by atoms with Gasteiger partial charge in [-0.25, -0.2) is 9.97 Å². The van der Waals surface area contributed by atoms with E-state index < -0.39 is 0 Å². The highest BCUT2D eigenvalue weighted by molar-refractivity contribution is 5.93. The molecular formula is C8H11N5. The van der Waals surface area contributed by atoms with Crippen LogP contribution in [0.3, 0.4) is 0 Å². The lowest BCUT2D eigenvalue weighted by Gasteiger charge is -2.03. The molecule has 0 aliphatic heterocycles. The lowest BCUT2D eigenvalue weighted by Crippen LogP contribution is -2.15. The number of aromatic nitrogens is 2. The number of hydrogen-bond acceptors (Lipinski definition) is 4. The zero-order valence-corrected chi connectivity index (χ0v) is 7.12. The molecule has 1 aromatic rings. The fourth-order valence-corrected chi connectivity index (χ4v) is 0.988. The van der Waals surface area contributed by atoms with E-state index in [1.54, 1.807) is 12.3 Å². The van der Waals surface area contributed by atoms with Crippen LogP contribution in [-0.4, -0.2) is 21.8 Å². The highest BCUT2D eigenvalue weighted by Crippen LogP contribution is 2.22. The fourth-order valence-electron chi connectivity index (χ4n) is 0.988. The summed E-state index contributed by atoms with van der Waals surface area (Å²) in [4.78, 5) is 8.11. The van der Waals surface area contributed by atoms with Gasteiger partial charge in [0, 0.05) is 12.2 Å². The van der Waals surface area contributed by atoms with E-state index >= 15 is 0 Å². The van der Waals surface area contributed by atoms with E-state index in [2.05, 4.69) is 15.3 Å². The molecule has 2 rings (SSSR count). The Hall–Kier alpha value is -1.65. The number of nitrogens with one attached hydrogen (secondary N) is 2. The summed E-state index contributed by atoms with van der Waals surface area (Å²) < 4.78 is 0. The van der Waals surface area contributed by atoms with Gasteiger partial charge < -0.3 is 11.1 Å². The first-order valence-electron chi connectivity index (χ1n) is 4.19. The lowest BCUT2D eigenvalue weighted by molar-refractivity contribution is 1.04. The van der Waals surface area contributed by atoms with E-state index in [-0.39, 0.29) is 5.84 Å². The largest absolute Gasteiger partial charge is 0.382 e. The van der Waals surface area contributed by atoms with Gasteiger partial charge in [-0.3, -0.25) is 5.41 Å². The molecule has 5 nitrogen and oxygen atoms in total. The second-order valence-electron chi connectivity index (χ2n) is 3.10. The minimum absolute atomic E-state index is 0.0266. The topological polar surface area (TPSA) is 87.7 Å². The predicted octanol–water partition coefficient (Wildman–Crippen LogP) is 0.335. The molecule has 68 valence electrons. The smallest absolute Gasteiger partial charge is 0.223 e. The molecule has 0 spiro atoms. The Morgan fingerprint density at radius 3 is 3.00 bits per heavy atom.